The second-order valence-corrected chi connectivity index (χ2v) is 1.76. The Kier molecular flexibility index (Phi) is 1.48. The average Bonchev–Trinajstić information content (AvgIpc) is 1.66. The molecule has 1 fully saturated rings. The minimum absolute atomic E-state index is 0.00694. The Morgan fingerprint density at radius 1 is 1.88 bits per heavy atom. The molecule has 0 aromatic heterocycles. The van der Waals surface area contributed by atoms with Crippen LogP contribution in [0.4, 0.5) is 0 Å². The summed E-state index contributed by atoms with van der Waals surface area (Å²) in [5.41, 5.74) is 0. The fourth-order valence-electron chi connectivity index (χ4n) is 0.713. The highest BCUT2D eigenvalue weighted by atomic mass is 16.5. The number of carbonyl (C=O) groups excluding carboxylic acids is 1. The normalized spacial score (nSPS) is 27.1. The first-order valence-electron chi connectivity index (χ1n) is 2.55. The van der Waals surface area contributed by atoms with Gasteiger partial charge in [0.2, 0.25) is 0 Å². The van der Waals surface area contributed by atoms with Gasteiger partial charge in [-0.1, -0.05) is 0 Å². The van der Waals surface area contributed by atoms with E-state index in [-0.39, 0.29) is 6.23 Å². The Balaban J connectivity index is 2.26. The average molecular weight is 114 g/mol. The van der Waals surface area contributed by atoms with Gasteiger partial charge in [-0.15, -0.1) is 0 Å². The van der Waals surface area contributed by atoms with E-state index in [9.17, 15) is 4.79 Å². The van der Waals surface area contributed by atoms with Crippen molar-refractivity contribution >= 4 is 6.41 Å². The predicted molar refractivity (Wildman–Crippen MR) is 27.8 cm³/mol. The number of rotatable bonds is 2. The Bertz CT molecular complexity index is 92.4. The lowest BCUT2D eigenvalue weighted by atomic mass is 10.2. The second kappa shape index (κ2) is 2.13. The van der Waals surface area contributed by atoms with E-state index in [0.29, 0.717) is 0 Å². The van der Waals surface area contributed by atoms with Gasteiger partial charge < -0.3 is 9.64 Å². The lowest BCUT2D eigenvalue weighted by molar-refractivity contribution is -0.0587. The summed E-state index contributed by atoms with van der Waals surface area (Å²) >= 11 is 0. The molecule has 0 saturated carbocycles. The third-order valence-electron chi connectivity index (χ3n) is 1.35. The Morgan fingerprint density at radius 2 is 2.62 bits per heavy atom. The zero-order valence-electron chi connectivity index (χ0n) is 4.76. The first-order chi connectivity index (χ1) is 3.88. The highest BCUT2D eigenvalue weighted by Gasteiger charge is 2.26. The van der Waals surface area contributed by atoms with Crippen molar-refractivity contribution in [3.8, 4) is 0 Å². The lowest BCUT2D eigenvalue weighted by Gasteiger charge is -2.35. The molecule has 1 saturated heterocycles. The fourth-order valence-corrected chi connectivity index (χ4v) is 0.713. The Hall–Kier alpha value is -0.570. The van der Waals surface area contributed by atoms with Crippen LogP contribution < -0.4 is 0 Å². The molecule has 0 bridgehead atoms. The van der Waals surface area contributed by atoms with Gasteiger partial charge in [0.25, 0.3) is 0 Å². The van der Waals surface area contributed by atoms with Crippen LogP contribution in [-0.2, 0) is 9.53 Å². The van der Waals surface area contributed by atoms with Crippen molar-refractivity contribution in [2.24, 2.45) is 0 Å². The van der Waals surface area contributed by atoms with Crippen molar-refractivity contribution in [1.82, 2.24) is 4.90 Å². The maximum absolute atomic E-state index is 9.88. The molecule has 45 valence electrons. The van der Waals surface area contributed by atoms with Crippen LogP contribution in [-0.4, -0.2) is 31.2 Å². The van der Waals surface area contributed by atoms with Gasteiger partial charge in [-0.2, -0.15) is 0 Å². The summed E-state index contributed by atoms with van der Waals surface area (Å²) in [5.74, 6) is 0. The summed E-state index contributed by atoms with van der Waals surface area (Å²) < 4.78 is 4.85. The largest absolute Gasteiger partial charge is 0.361 e. The van der Waals surface area contributed by atoms with E-state index in [1.807, 2.05) is 0 Å². The van der Waals surface area contributed by atoms with Crippen LogP contribution in [0, 0.1) is 0 Å². The number of methoxy groups -OCH3 is 1. The summed E-state index contributed by atoms with van der Waals surface area (Å²) in [7, 11) is 1.59. The van der Waals surface area contributed by atoms with Crippen molar-refractivity contribution in [1.29, 1.82) is 0 Å². The number of amides is 1. The number of ether oxygens (including phenoxy) is 1. The molecule has 0 spiro atoms. The molecule has 0 N–H and O–H groups in total. The maximum Gasteiger partial charge on any atom is 0.314 e. The van der Waals surface area contributed by atoms with Crippen molar-refractivity contribution in [3.63, 3.8) is 0 Å². The van der Waals surface area contributed by atoms with Crippen LogP contribution in [0.2, 0.25) is 0 Å². The predicted octanol–water partition coefficient (Wildman–Crippen LogP) is -0.268. The summed E-state index contributed by atoms with van der Waals surface area (Å²) in [6, 6.07) is 0. The molecule has 3 heteroatoms. The topological polar surface area (TPSA) is 29.5 Å². The van der Waals surface area contributed by atoms with Gasteiger partial charge in [0.05, 0.1) is 0 Å². The summed E-state index contributed by atoms with van der Waals surface area (Å²) in [6.45, 7) is 0.794. The van der Waals surface area contributed by atoms with E-state index in [1.54, 1.807) is 13.5 Å². The van der Waals surface area contributed by atoms with Crippen molar-refractivity contribution in [3.05, 3.63) is 0 Å². The van der Waals surface area contributed by atoms with E-state index >= 15 is 0 Å². The standard InChI is InChI=1S/C5H8NO2/c1-8-5-2-3-6(5)4-7/h5H,2-3H2,1H3. The smallest absolute Gasteiger partial charge is 0.314 e. The minimum Gasteiger partial charge on any atom is -0.361 e. The molecule has 1 radical (unpaired) electrons. The SMILES string of the molecule is COC1CCN1[C]=O. The van der Waals surface area contributed by atoms with Gasteiger partial charge in [0, 0.05) is 20.1 Å². The van der Waals surface area contributed by atoms with Crippen molar-refractivity contribution < 1.29 is 9.53 Å². The molecule has 1 atom stereocenters. The van der Waals surface area contributed by atoms with Crippen LogP contribution in [0.1, 0.15) is 6.42 Å². The Morgan fingerprint density at radius 3 is 2.75 bits per heavy atom. The summed E-state index contributed by atoms with van der Waals surface area (Å²) in [5, 5.41) is 0. The van der Waals surface area contributed by atoms with Crippen LogP contribution in [0.3, 0.4) is 0 Å². The molecule has 8 heavy (non-hydrogen) atoms. The summed E-state index contributed by atoms with van der Waals surface area (Å²) in [4.78, 5) is 11.4. The number of hydrogen-bond donors (Lipinski definition) is 0. The minimum atomic E-state index is 0.00694. The fraction of sp³-hybridized carbons (Fsp3) is 0.800. The van der Waals surface area contributed by atoms with Crippen LogP contribution in [0.25, 0.3) is 0 Å². The van der Waals surface area contributed by atoms with Crippen LogP contribution in [0.15, 0.2) is 0 Å². The van der Waals surface area contributed by atoms with Gasteiger partial charge in [-0.25, -0.2) is 0 Å². The molecule has 1 amide bonds. The van der Waals surface area contributed by atoms with Crippen molar-refractivity contribution in [2.75, 3.05) is 13.7 Å². The summed E-state index contributed by atoms with van der Waals surface area (Å²) in [6.07, 6.45) is 2.72. The molecule has 0 aliphatic carbocycles. The highest BCUT2D eigenvalue weighted by molar-refractivity contribution is 5.49. The van der Waals surface area contributed by atoms with E-state index in [4.69, 9.17) is 4.74 Å². The molecule has 1 unspecified atom stereocenters. The second-order valence-electron chi connectivity index (χ2n) is 1.76. The van der Waals surface area contributed by atoms with Gasteiger partial charge in [0.15, 0.2) is 0 Å². The zero-order valence-corrected chi connectivity index (χ0v) is 4.76. The van der Waals surface area contributed by atoms with Gasteiger partial charge in [-0.05, 0) is 0 Å². The van der Waals surface area contributed by atoms with Crippen molar-refractivity contribution in [2.45, 2.75) is 12.6 Å². The molecule has 3 nitrogen and oxygen atoms in total. The van der Waals surface area contributed by atoms with E-state index in [2.05, 4.69) is 0 Å². The molecule has 1 heterocycles. The van der Waals surface area contributed by atoms with Crippen LogP contribution in [0.5, 0.6) is 0 Å². The third-order valence-corrected chi connectivity index (χ3v) is 1.35. The number of hydrogen-bond acceptors (Lipinski definition) is 2. The first kappa shape index (κ1) is 5.56. The first-order valence-corrected chi connectivity index (χ1v) is 2.55. The third kappa shape index (κ3) is 0.690. The van der Waals surface area contributed by atoms with E-state index in [0.717, 1.165) is 13.0 Å². The molecule has 1 aliphatic rings. The monoisotopic (exact) mass is 114 g/mol. The quantitative estimate of drug-likeness (QED) is 0.494. The van der Waals surface area contributed by atoms with Crippen LogP contribution >= 0.6 is 0 Å². The van der Waals surface area contributed by atoms with E-state index in [1.165, 1.54) is 4.90 Å². The zero-order chi connectivity index (χ0) is 5.98. The molecule has 1 rings (SSSR count). The number of likely N-dealkylation sites (tertiary alicyclic amines) is 1. The molecular weight excluding hydrogens is 106 g/mol. The maximum atomic E-state index is 9.88. The molecule has 0 aromatic rings. The molecule has 1 aliphatic heterocycles. The highest BCUT2D eigenvalue weighted by Crippen LogP contribution is 2.13. The van der Waals surface area contributed by atoms with Gasteiger partial charge >= 0.3 is 6.41 Å². The van der Waals surface area contributed by atoms with E-state index < -0.39 is 0 Å². The lowest BCUT2D eigenvalue weighted by Crippen LogP contribution is -2.47. The van der Waals surface area contributed by atoms with Gasteiger partial charge in [-0.3, -0.25) is 4.79 Å². The molecular formula is C5H8NO2. The number of nitrogens with zero attached hydrogens (tertiary/aromatic N) is 1. The molecule has 0 aromatic carbocycles. The Labute approximate surface area is 48.2 Å². The van der Waals surface area contributed by atoms with Gasteiger partial charge in [0.1, 0.15) is 6.23 Å².